The van der Waals surface area contributed by atoms with Crippen LogP contribution in [0.25, 0.3) is 0 Å². The monoisotopic (exact) mass is 188 g/mol. The van der Waals surface area contributed by atoms with Gasteiger partial charge in [0.05, 0.1) is 0 Å². The molecule has 3 N–H and O–H groups in total. The van der Waals surface area contributed by atoms with Gasteiger partial charge in [0.25, 0.3) is 0 Å². The van der Waals surface area contributed by atoms with Gasteiger partial charge in [-0.2, -0.15) is 4.99 Å². The molecule has 1 atom stereocenters. The van der Waals surface area contributed by atoms with Crippen molar-refractivity contribution in [2.75, 3.05) is 6.26 Å². The van der Waals surface area contributed by atoms with Gasteiger partial charge in [-0.3, -0.25) is 5.32 Å². The fraction of sp³-hybridized carbons (Fsp3) is 0.167. The quantitative estimate of drug-likeness (QED) is 0.379. The number of hydrogen-bond acceptors (Lipinski definition) is 4. The molecule has 0 fully saturated rings. The summed E-state index contributed by atoms with van der Waals surface area (Å²) in [5.41, 5.74) is 0.255. The van der Waals surface area contributed by atoms with E-state index in [2.05, 4.69) is 10.3 Å². The summed E-state index contributed by atoms with van der Waals surface area (Å²) in [4.78, 5) is 13.9. The molecule has 0 aromatic rings. The van der Waals surface area contributed by atoms with Crippen LogP contribution in [0.5, 0.6) is 0 Å². The van der Waals surface area contributed by atoms with Crippen molar-refractivity contribution >= 4 is 22.3 Å². The van der Waals surface area contributed by atoms with Crippen LogP contribution in [0.2, 0.25) is 0 Å². The van der Waals surface area contributed by atoms with Crippen LogP contribution in [0.3, 0.4) is 0 Å². The highest BCUT2D eigenvalue weighted by atomic mass is 32.2. The number of allylic oxidation sites excluding steroid dienone is 1. The largest absolute Gasteiger partial charge is 0.609 e. The van der Waals surface area contributed by atoms with Crippen LogP contribution in [0.1, 0.15) is 0 Å². The maximum absolute atomic E-state index is 10.8. The first-order valence-corrected chi connectivity index (χ1v) is 4.40. The zero-order chi connectivity index (χ0) is 8.27. The van der Waals surface area contributed by atoms with Crippen LogP contribution in [0, 0.1) is 0 Å². The molecular weight excluding hydrogens is 180 g/mol. The molecule has 0 aromatic heterocycles. The Morgan fingerprint density at radius 1 is 1.75 bits per heavy atom. The summed E-state index contributed by atoms with van der Waals surface area (Å²) >= 11 is -1.19. The fourth-order valence-corrected chi connectivity index (χ4v) is 1.04. The number of nitrogens with zero attached hydrogens (tertiary/aromatic N) is 1. The SMILES string of the molecule is C[S+]([O-])C1=NC=CC(=C=O)N1.O. The highest BCUT2D eigenvalue weighted by Gasteiger charge is 2.13. The lowest BCUT2D eigenvalue weighted by molar-refractivity contribution is 0.566. The maximum Gasteiger partial charge on any atom is 0.321 e. The molecule has 0 radical (unpaired) electrons. The highest BCUT2D eigenvalue weighted by molar-refractivity contribution is 8.05. The average molecular weight is 188 g/mol. The molecule has 0 amide bonds. The predicted molar refractivity (Wildman–Crippen MR) is 46.6 cm³/mol. The Hall–Kier alpha value is -1.07. The third kappa shape index (κ3) is 2.52. The van der Waals surface area contributed by atoms with Crippen molar-refractivity contribution in [2.24, 2.45) is 4.99 Å². The number of nitrogens with one attached hydrogen (secondary N) is 1. The van der Waals surface area contributed by atoms with Gasteiger partial charge in [-0.15, -0.1) is 0 Å². The minimum absolute atomic E-state index is 0. The second-order valence-corrected chi connectivity index (χ2v) is 3.14. The van der Waals surface area contributed by atoms with Gasteiger partial charge in [0.1, 0.15) is 12.0 Å². The zero-order valence-corrected chi connectivity index (χ0v) is 7.14. The molecule has 66 valence electrons. The third-order valence-corrected chi connectivity index (χ3v) is 1.81. The molecule has 0 bridgehead atoms. The van der Waals surface area contributed by atoms with E-state index in [-0.39, 0.29) is 16.3 Å². The fourth-order valence-electron chi connectivity index (χ4n) is 0.574. The molecule has 12 heavy (non-hydrogen) atoms. The van der Waals surface area contributed by atoms with Gasteiger partial charge in [-0.05, 0) is 6.08 Å². The minimum atomic E-state index is -1.19. The number of rotatable bonds is 0. The molecule has 5 nitrogen and oxygen atoms in total. The van der Waals surface area contributed by atoms with Crippen molar-refractivity contribution in [2.45, 2.75) is 0 Å². The van der Waals surface area contributed by atoms with Gasteiger partial charge in [-0.25, -0.2) is 4.79 Å². The molecule has 1 heterocycles. The van der Waals surface area contributed by atoms with E-state index in [1.54, 1.807) is 5.94 Å². The Morgan fingerprint density at radius 3 is 2.92 bits per heavy atom. The Labute approximate surface area is 72.4 Å². The van der Waals surface area contributed by atoms with Crippen molar-refractivity contribution in [1.29, 1.82) is 0 Å². The summed E-state index contributed by atoms with van der Waals surface area (Å²) in [5.74, 6) is 1.64. The normalized spacial score (nSPS) is 16.8. The molecule has 6 heteroatoms. The standard InChI is InChI=1S/C6H6N2O2S.H2O/c1-11(10)6-7-3-2-5(4-9)8-6;/h2-3H,1H3,(H,7,8);1H2. The van der Waals surface area contributed by atoms with E-state index in [1.807, 2.05) is 0 Å². The molecule has 1 rings (SSSR count). The van der Waals surface area contributed by atoms with Crippen molar-refractivity contribution in [1.82, 2.24) is 5.32 Å². The van der Waals surface area contributed by atoms with E-state index in [1.165, 1.54) is 18.5 Å². The van der Waals surface area contributed by atoms with E-state index in [0.29, 0.717) is 0 Å². The molecule has 0 aliphatic carbocycles. The predicted octanol–water partition coefficient (Wildman–Crippen LogP) is -1.27. The number of carbonyl (C=O) groups excluding carboxylic acids is 1. The number of aliphatic imine (C=N–C) groups is 1. The first-order chi connectivity index (χ1) is 5.24. The second kappa shape index (κ2) is 4.74. The maximum atomic E-state index is 10.8. The van der Waals surface area contributed by atoms with Crippen LogP contribution in [-0.4, -0.2) is 27.4 Å². The topological polar surface area (TPSA) is 96.0 Å². The second-order valence-electron chi connectivity index (χ2n) is 1.84. The zero-order valence-electron chi connectivity index (χ0n) is 6.33. The summed E-state index contributed by atoms with van der Waals surface area (Å²) in [6, 6.07) is 0. The van der Waals surface area contributed by atoms with E-state index in [9.17, 15) is 9.35 Å². The Bertz CT molecular complexity index is 266. The number of hydrogen-bond donors (Lipinski definition) is 1. The van der Waals surface area contributed by atoms with Crippen molar-refractivity contribution < 1.29 is 14.8 Å². The van der Waals surface area contributed by atoms with Crippen molar-refractivity contribution in [3.05, 3.63) is 18.0 Å². The molecule has 1 unspecified atom stereocenters. The lowest BCUT2D eigenvalue weighted by Gasteiger charge is -2.09. The third-order valence-electron chi connectivity index (χ3n) is 1.06. The van der Waals surface area contributed by atoms with Crippen LogP contribution >= 0.6 is 0 Å². The Kier molecular flexibility index (Phi) is 4.31. The lowest BCUT2D eigenvalue weighted by Crippen LogP contribution is -2.31. The molecule has 0 saturated heterocycles. The van der Waals surface area contributed by atoms with E-state index < -0.39 is 11.2 Å². The smallest absolute Gasteiger partial charge is 0.321 e. The highest BCUT2D eigenvalue weighted by Crippen LogP contribution is 1.99. The summed E-state index contributed by atoms with van der Waals surface area (Å²) in [6.07, 6.45) is 4.35. The van der Waals surface area contributed by atoms with Crippen LogP contribution < -0.4 is 5.32 Å². The molecule has 0 saturated carbocycles. The van der Waals surface area contributed by atoms with Crippen LogP contribution in [0.15, 0.2) is 23.0 Å². The van der Waals surface area contributed by atoms with Gasteiger partial charge in [-0.1, -0.05) is 0 Å². The molecule has 1 aliphatic heterocycles. The average Bonchev–Trinajstić information content (AvgIpc) is 2.05. The van der Waals surface area contributed by atoms with Gasteiger partial charge >= 0.3 is 5.17 Å². The van der Waals surface area contributed by atoms with Gasteiger partial charge < -0.3 is 10.0 Å². The van der Waals surface area contributed by atoms with Gasteiger partial charge in [0.2, 0.25) is 0 Å². The summed E-state index contributed by atoms with van der Waals surface area (Å²) < 4.78 is 10.8. The Balaban J connectivity index is 0.00000121. The van der Waals surface area contributed by atoms with E-state index in [4.69, 9.17) is 0 Å². The molecule has 0 aromatic carbocycles. The van der Waals surface area contributed by atoms with E-state index >= 15 is 0 Å². The molecule has 1 aliphatic rings. The minimum Gasteiger partial charge on any atom is -0.609 e. The van der Waals surface area contributed by atoms with Crippen LogP contribution in [0.4, 0.5) is 0 Å². The summed E-state index contributed by atoms with van der Waals surface area (Å²) in [6.45, 7) is 0. The first kappa shape index (κ1) is 10.9. The van der Waals surface area contributed by atoms with Crippen molar-refractivity contribution in [3.8, 4) is 0 Å². The van der Waals surface area contributed by atoms with Crippen LogP contribution in [-0.2, 0) is 16.0 Å². The Morgan fingerprint density at radius 2 is 2.42 bits per heavy atom. The molecule has 0 spiro atoms. The summed E-state index contributed by atoms with van der Waals surface area (Å²) in [5, 5.41) is 2.84. The summed E-state index contributed by atoms with van der Waals surface area (Å²) in [7, 11) is 0. The lowest BCUT2D eigenvalue weighted by atomic mass is 10.4. The van der Waals surface area contributed by atoms with Crippen molar-refractivity contribution in [3.63, 3.8) is 0 Å². The van der Waals surface area contributed by atoms with Gasteiger partial charge in [0, 0.05) is 17.4 Å². The van der Waals surface area contributed by atoms with E-state index in [0.717, 1.165) is 0 Å². The molecular formula is C6H8N2O3S. The number of amidine groups is 1. The first-order valence-electron chi connectivity index (χ1n) is 2.84. The van der Waals surface area contributed by atoms with Gasteiger partial charge in [0.15, 0.2) is 5.94 Å².